The first-order valence-electron chi connectivity index (χ1n) is 12.1. The molecule has 10 nitrogen and oxygen atoms in total. The van der Waals surface area contributed by atoms with E-state index >= 15 is 0 Å². The number of ether oxygens (including phenoxy) is 2. The van der Waals surface area contributed by atoms with Gasteiger partial charge in [0.15, 0.2) is 0 Å². The van der Waals surface area contributed by atoms with E-state index in [0.29, 0.717) is 29.5 Å². The summed E-state index contributed by atoms with van der Waals surface area (Å²) < 4.78 is 50.7. The van der Waals surface area contributed by atoms with Gasteiger partial charge >= 0.3 is 6.18 Å². The minimum absolute atomic E-state index is 0.162. The van der Waals surface area contributed by atoms with Crippen molar-refractivity contribution >= 4 is 40.3 Å². The van der Waals surface area contributed by atoms with Gasteiger partial charge in [-0.1, -0.05) is 6.58 Å². The van der Waals surface area contributed by atoms with Crippen LogP contribution in [0, 0.1) is 0 Å². The summed E-state index contributed by atoms with van der Waals surface area (Å²) in [5.74, 6) is 0.376. The van der Waals surface area contributed by atoms with Crippen LogP contribution in [0.3, 0.4) is 0 Å². The van der Waals surface area contributed by atoms with Crippen LogP contribution in [0.5, 0.6) is 11.5 Å². The molecule has 0 aliphatic rings. The summed E-state index contributed by atoms with van der Waals surface area (Å²) in [6.07, 6.45) is -2.16. The Kier molecular flexibility index (Phi) is 9.78. The van der Waals surface area contributed by atoms with Crippen LogP contribution >= 0.6 is 0 Å². The third-order valence-corrected chi connectivity index (χ3v) is 5.76. The van der Waals surface area contributed by atoms with Gasteiger partial charge in [0.2, 0.25) is 5.91 Å². The van der Waals surface area contributed by atoms with E-state index in [4.69, 9.17) is 9.47 Å². The van der Waals surface area contributed by atoms with E-state index in [0.717, 1.165) is 18.3 Å². The van der Waals surface area contributed by atoms with Gasteiger partial charge in [-0.3, -0.25) is 4.79 Å². The molecule has 0 fully saturated rings. The number of aromatic nitrogens is 2. The second-order valence-corrected chi connectivity index (χ2v) is 8.94. The average Bonchev–Trinajstić information content (AvgIpc) is 2.91. The summed E-state index contributed by atoms with van der Waals surface area (Å²) in [5.41, 5.74) is 0.973. The number of alkyl halides is 3. The highest BCUT2D eigenvalue weighted by atomic mass is 19.4. The number of carbonyl (C=O) groups excluding carboxylic acids is 1. The number of likely N-dealkylation sites (N-methyl/N-ethyl adjacent to an activating group) is 2. The Morgan fingerprint density at radius 3 is 2.23 bits per heavy atom. The quantitative estimate of drug-likeness (QED) is 0.261. The number of carbonyl (C=O) groups is 1. The Morgan fingerprint density at radius 1 is 0.950 bits per heavy atom. The smallest absolute Gasteiger partial charge is 0.420 e. The maximum atomic E-state index is 13.4. The number of methoxy groups -OCH3 is 2. The van der Waals surface area contributed by atoms with Crippen LogP contribution in [0.1, 0.15) is 5.56 Å². The summed E-state index contributed by atoms with van der Waals surface area (Å²) in [4.78, 5) is 24.5. The van der Waals surface area contributed by atoms with Gasteiger partial charge in [-0.15, -0.1) is 0 Å². The summed E-state index contributed by atoms with van der Waals surface area (Å²) in [6.45, 7) is 4.98. The fourth-order valence-electron chi connectivity index (χ4n) is 3.69. The van der Waals surface area contributed by atoms with Crippen LogP contribution in [0.4, 0.5) is 47.6 Å². The number of nitrogens with zero attached hydrogens (tertiary/aromatic N) is 4. The van der Waals surface area contributed by atoms with Gasteiger partial charge in [-0.2, -0.15) is 13.2 Å². The topological polar surface area (TPSA) is 104 Å². The van der Waals surface area contributed by atoms with Crippen molar-refractivity contribution in [2.75, 3.05) is 69.3 Å². The fraction of sp³-hybridized carbons (Fsp3) is 0.296. The second kappa shape index (κ2) is 13.0. The molecule has 0 saturated carbocycles. The Labute approximate surface area is 230 Å². The molecule has 1 heterocycles. The van der Waals surface area contributed by atoms with Gasteiger partial charge in [0.1, 0.15) is 29.5 Å². The van der Waals surface area contributed by atoms with Crippen molar-refractivity contribution in [2.24, 2.45) is 0 Å². The van der Waals surface area contributed by atoms with Crippen molar-refractivity contribution in [3.63, 3.8) is 0 Å². The van der Waals surface area contributed by atoms with Gasteiger partial charge in [0.25, 0.3) is 0 Å². The molecule has 0 bridgehead atoms. The van der Waals surface area contributed by atoms with Crippen LogP contribution in [0.2, 0.25) is 0 Å². The molecule has 13 heteroatoms. The van der Waals surface area contributed by atoms with Gasteiger partial charge in [-0.25, -0.2) is 9.97 Å². The molecule has 0 unspecified atom stereocenters. The lowest BCUT2D eigenvalue weighted by Gasteiger charge is -2.26. The lowest BCUT2D eigenvalue weighted by Crippen LogP contribution is -2.29. The third kappa shape index (κ3) is 7.76. The first kappa shape index (κ1) is 30.0. The van der Waals surface area contributed by atoms with Crippen LogP contribution in [0.25, 0.3) is 0 Å². The highest BCUT2D eigenvalue weighted by Crippen LogP contribution is 2.39. The maximum absolute atomic E-state index is 13.4. The molecule has 0 aliphatic carbocycles. The first-order chi connectivity index (χ1) is 18.9. The van der Waals surface area contributed by atoms with Crippen LogP contribution in [0.15, 0.2) is 55.4 Å². The SMILES string of the molecule is C=CC(=O)Nc1cc(Nc2cc(Nc3ccc(OC)c(C(F)(F)F)c3)ncn2)c(OC)cc1N(C)CCN(C)C. The van der Waals surface area contributed by atoms with Crippen molar-refractivity contribution in [2.45, 2.75) is 6.18 Å². The molecule has 2 aromatic carbocycles. The van der Waals surface area contributed by atoms with E-state index in [-0.39, 0.29) is 23.2 Å². The number of hydrogen-bond acceptors (Lipinski definition) is 9. The molecule has 40 heavy (non-hydrogen) atoms. The second-order valence-electron chi connectivity index (χ2n) is 8.94. The summed E-state index contributed by atoms with van der Waals surface area (Å²) in [7, 11) is 8.53. The summed E-state index contributed by atoms with van der Waals surface area (Å²) in [6, 6.07) is 8.63. The largest absolute Gasteiger partial charge is 0.496 e. The van der Waals surface area contributed by atoms with Crippen LogP contribution < -0.4 is 30.3 Å². The van der Waals surface area contributed by atoms with E-state index < -0.39 is 11.7 Å². The van der Waals surface area contributed by atoms with Crippen LogP contribution in [-0.4, -0.2) is 69.2 Å². The predicted octanol–water partition coefficient (Wildman–Crippen LogP) is 5.12. The van der Waals surface area contributed by atoms with Crippen molar-refractivity contribution in [1.29, 1.82) is 0 Å². The van der Waals surface area contributed by atoms with Gasteiger partial charge in [-0.05, 0) is 44.4 Å². The van der Waals surface area contributed by atoms with Gasteiger partial charge in [0, 0.05) is 38.0 Å². The van der Waals surface area contributed by atoms with Gasteiger partial charge < -0.3 is 35.2 Å². The lowest BCUT2D eigenvalue weighted by atomic mass is 10.1. The Morgan fingerprint density at radius 2 is 1.62 bits per heavy atom. The molecule has 0 radical (unpaired) electrons. The van der Waals surface area contributed by atoms with Crippen LogP contribution in [-0.2, 0) is 11.0 Å². The minimum Gasteiger partial charge on any atom is -0.496 e. The summed E-state index contributed by atoms with van der Waals surface area (Å²) in [5, 5.41) is 8.81. The number of benzene rings is 2. The zero-order valence-corrected chi connectivity index (χ0v) is 22.9. The van der Waals surface area contributed by atoms with E-state index in [9.17, 15) is 18.0 Å². The Bertz CT molecular complexity index is 1350. The molecule has 3 rings (SSSR count). The van der Waals surface area contributed by atoms with E-state index in [1.54, 1.807) is 12.1 Å². The van der Waals surface area contributed by atoms with E-state index in [1.807, 2.05) is 30.9 Å². The minimum atomic E-state index is -4.59. The standard InChI is InChI=1S/C27H32F3N7O3/c1-7-26(38)35-19-13-20(23(40-6)14-21(19)37(4)11-10-36(2)3)34-25-15-24(31-16-32-25)33-17-8-9-22(39-5)18(12-17)27(28,29)30/h7-9,12-16H,1,10-11H2,2-6H3,(H,35,38)(H2,31,32,33,34). The molecule has 3 aromatic rings. The fourth-order valence-corrected chi connectivity index (χ4v) is 3.69. The molecule has 0 aliphatic heterocycles. The number of amides is 1. The van der Waals surface area contributed by atoms with Gasteiger partial charge in [0.05, 0.1) is 36.8 Å². The van der Waals surface area contributed by atoms with Crippen molar-refractivity contribution in [3.05, 3.63) is 60.9 Å². The normalized spacial score (nSPS) is 11.1. The van der Waals surface area contributed by atoms with Crippen molar-refractivity contribution in [1.82, 2.24) is 14.9 Å². The average molecular weight is 560 g/mol. The first-order valence-corrected chi connectivity index (χ1v) is 12.1. The molecular formula is C27H32F3N7O3. The zero-order chi connectivity index (χ0) is 29.4. The third-order valence-electron chi connectivity index (χ3n) is 5.76. The molecule has 1 aromatic heterocycles. The highest BCUT2D eigenvalue weighted by molar-refractivity contribution is 6.02. The molecular weight excluding hydrogens is 527 g/mol. The Balaban J connectivity index is 1.92. The number of rotatable bonds is 12. The molecule has 0 atom stereocenters. The molecule has 0 saturated heterocycles. The molecule has 1 amide bonds. The van der Waals surface area contributed by atoms with E-state index in [2.05, 4.69) is 32.5 Å². The molecule has 0 spiro atoms. The van der Waals surface area contributed by atoms with Crippen molar-refractivity contribution in [3.8, 4) is 11.5 Å². The van der Waals surface area contributed by atoms with Crippen molar-refractivity contribution < 1.29 is 27.4 Å². The molecule has 3 N–H and O–H groups in total. The zero-order valence-electron chi connectivity index (χ0n) is 22.9. The lowest BCUT2D eigenvalue weighted by molar-refractivity contribution is -0.138. The number of nitrogens with one attached hydrogen (secondary N) is 3. The monoisotopic (exact) mass is 559 g/mol. The predicted molar refractivity (Wildman–Crippen MR) is 150 cm³/mol. The number of anilines is 6. The van der Waals surface area contributed by atoms with E-state index in [1.165, 1.54) is 44.8 Å². The summed E-state index contributed by atoms with van der Waals surface area (Å²) >= 11 is 0. The molecule has 214 valence electrons. The Hall–Kier alpha value is -4.52. The number of halogens is 3. The number of hydrogen-bond donors (Lipinski definition) is 3. The maximum Gasteiger partial charge on any atom is 0.420 e. The highest BCUT2D eigenvalue weighted by Gasteiger charge is 2.34.